The van der Waals surface area contributed by atoms with Crippen molar-refractivity contribution >= 4 is 5.91 Å². The molecule has 1 aliphatic heterocycles. The van der Waals surface area contributed by atoms with Crippen LogP contribution in [0.25, 0.3) is 0 Å². The minimum atomic E-state index is -0.195. The van der Waals surface area contributed by atoms with Gasteiger partial charge >= 0.3 is 0 Å². The topological polar surface area (TPSA) is 50.4 Å². The van der Waals surface area contributed by atoms with E-state index in [0.29, 0.717) is 6.54 Å². The molecule has 0 aliphatic carbocycles. The molecule has 4 nitrogen and oxygen atoms in total. The molecule has 1 aromatic rings. The van der Waals surface area contributed by atoms with E-state index in [1.54, 1.807) is 0 Å². The SMILES string of the molecule is CCCNC(=O)C(C)NCC1OCCc2ccccc21. The lowest BCUT2D eigenvalue weighted by molar-refractivity contribution is -0.122. The summed E-state index contributed by atoms with van der Waals surface area (Å²) in [7, 11) is 0. The molecule has 1 aliphatic rings. The molecule has 0 fully saturated rings. The van der Waals surface area contributed by atoms with Crippen LogP contribution in [-0.2, 0) is 16.0 Å². The highest BCUT2D eigenvalue weighted by Gasteiger charge is 2.21. The Balaban J connectivity index is 1.87. The zero-order valence-electron chi connectivity index (χ0n) is 12.3. The van der Waals surface area contributed by atoms with Crippen molar-refractivity contribution in [3.63, 3.8) is 0 Å². The second kappa shape index (κ2) is 7.41. The molecular formula is C16H24N2O2. The van der Waals surface area contributed by atoms with Crippen LogP contribution in [0.15, 0.2) is 24.3 Å². The van der Waals surface area contributed by atoms with Gasteiger partial charge in [0.1, 0.15) is 0 Å². The van der Waals surface area contributed by atoms with Gasteiger partial charge < -0.3 is 15.4 Å². The number of rotatable bonds is 6. The van der Waals surface area contributed by atoms with Gasteiger partial charge in [-0.2, -0.15) is 0 Å². The van der Waals surface area contributed by atoms with Crippen molar-refractivity contribution in [2.45, 2.75) is 38.8 Å². The Morgan fingerprint density at radius 3 is 3.05 bits per heavy atom. The van der Waals surface area contributed by atoms with Gasteiger partial charge in [-0.05, 0) is 30.9 Å². The first-order chi connectivity index (χ1) is 9.72. The van der Waals surface area contributed by atoms with Crippen molar-refractivity contribution in [2.24, 2.45) is 0 Å². The second-order valence-corrected chi connectivity index (χ2v) is 5.23. The summed E-state index contributed by atoms with van der Waals surface area (Å²) in [5.41, 5.74) is 2.60. The number of carbonyl (C=O) groups is 1. The molecule has 1 aromatic carbocycles. The van der Waals surface area contributed by atoms with Crippen LogP contribution in [0, 0.1) is 0 Å². The van der Waals surface area contributed by atoms with E-state index in [2.05, 4.69) is 28.8 Å². The van der Waals surface area contributed by atoms with Crippen LogP contribution >= 0.6 is 0 Å². The largest absolute Gasteiger partial charge is 0.372 e. The van der Waals surface area contributed by atoms with Crippen LogP contribution in [0.3, 0.4) is 0 Å². The third-order valence-electron chi connectivity index (χ3n) is 3.64. The lowest BCUT2D eigenvalue weighted by Gasteiger charge is -2.27. The Hall–Kier alpha value is -1.39. The van der Waals surface area contributed by atoms with Gasteiger partial charge in [0.05, 0.1) is 18.8 Å². The van der Waals surface area contributed by atoms with Gasteiger partial charge in [-0.3, -0.25) is 4.79 Å². The van der Waals surface area contributed by atoms with Crippen molar-refractivity contribution in [1.82, 2.24) is 10.6 Å². The molecule has 0 bridgehead atoms. The van der Waals surface area contributed by atoms with Gasteiger partial charge in [0.15, 0.2) is 0 Å². The number of benzene rings is 1. The number of ether oxygens (including phenoxy) is 1. The highest BCUT2D eigenvalue weighted by atomic mass is 16.5. The van der Waals surface area contributed by atoms with Crippen LogP contribution in [0.1, 0.15) is 37.5 Å². The maximum Gasteiger partial charge on any atom is 0.236 e. The normalized spacial score (nSPS) is 19.2. The van der Waals surface area contributed by atoms with Gasteiger partial charge in [-0.15, -0.1) is 0 Å². The Morgan fingerprint density at radius 1 is 1.45 bits per heavy atom. The minimum Gasteiger partial charge on any atom is -0.372 e. The highest BCUT2D eigenvalue weighted by Crippen LogP contribution is 2.26. The van der Waals surface area contributed by atoms with E-state index in [1.165, 1.54) is 11.1 Å². The molecule has 0 saturated carbocycles. The number of hydrogen-bond acceptors (Lipinski definition) is 3. The van der Waals surface area contributed by atoms with E-state index in [-0.39, 0.29) is 18.1 Å². The summed E-state index contributed by atoms with van der Waals surface area (Å²) in [6.45, 7) is 6.08. The van der Waals surface area contributed by atoms with Gasteiger partial charge in [-0.1, -0.05) is 31.2 Å². The molecule has 110 valence electrons. The Morgan fingerprint density at radius 2 is 2.25 bits per heavy atom. The maximum atomic E-state index is 11.8. The molecule has 0 saturated heterocycles. The van der Waals surface area contributed by atoms with E-state index in [0.717, 1.165) is 26.0 Å². The van der Waals surface area contributed by atoms with Crippen LogP contribution in [0.5, 0.6) is 0 Å². The summed E-state index contributed by atoms with van der Waals surface area (Å²) in [6.07, 6.45) is 1.97. The smallest absolute Gasteiger partial charge is 0.236 e. The monoisotopic (exact) mass is 276 g/mol. The fourth-order valence-corrected chi connectivity index (χ4v) is 2.42. The first-order valence-electron chi connectivity index (χ1n) is 7.43. The quantitative estimate of drug-likeness (QED) is 0.833. The molecule has 2 atom stereocenters. The van der Waals surface area contributed by atoms with Gasteiger partial charge in [0, 0.05) is 13.1 Å². The van der Waals surface area contributed by atoms with E-state index in [9.17, 15) is 4.79 Å². The van der Waals surface area contributed by atoms with E-state index in [4.69, 9.17) is 4.74 Å². The fraction of sp³-hybridized carbons (Fsp3) is 0.562. The van der Waals surface area contributed by atoms with Crippen molar-refractivity contribution in [1.29, 1.82) is 0 Å². The average Bonchev–Trinajstić information content (AvgIpc) is 2.50. The van der Waals surface area contributed by atoms with Gasteiger partial charge in [0.25, 0.3) is 0 Å². The number of amides is 1. The molecular weight excluding hydrogens is 252 g/mol. The zero-order chi connectivity index (χ0) is 14.4. The summed E-state index contributed by atoms with van der Waals surface area (Å²) in [6, 6.07) is 8.18. The zero-order valence-corrected chi connectivity index (χ0v) is 12.3. The van der Waals surface area contributed by atoms with E-state index >= 15 is 0 Å². The predicted octanol–water partition coefficient (Wildman–Crippen LogP) is 1.80. The molecule has 0 radical (unpaired) electrons. The Bertz CT molecular complexity index is 448. The molecule has 2 unspecified atom stereocenters. The highest BCUT2D eigenvalue weighted by molar-refractivity contribution is 5.81. The predicted molar refractivity (Wildman–Crippen MR) is 79.6 cm³/mol. The molecule has 2 N–H and O–H groups in total. The van der Waals surface area contributed by atoms with Gasteiger partial charge in [-0.25, -0.2) is 0 Å². The molecule has 4 heteroatoms. The molecule has 20 heavy (non-hydrogen) atoms. The van der Waals surface area contributed by atoms with Gasteiger partial charge in [0.2, 0.25) is 5.91 Å². The molecule has 1 heterocycles. The minimum absolute atomic E-state index is 0.0429. The van der Waals surface area contributed by atoms with E-state index < -0.39 is 0 Å². The number of carbonyl (C=O) groups excluding carboxylic acids is 1. The second-order valence-electron chi connectivity index (χ2n) is 5.23. The third kappa shape index (κ3) is 3.81. The van der Waals surface area contributed by atoms with Crippen LogP contribution < -0.4 is 10.6 Å². The summed E-state index contributed by atoms with van der Waals surface area (Å²) < 4.78 is 5.82. The van der Waals surface area contributed by atoms with Crippen molar-refractivity contribution in [3.8, 4) is 0 Å². The molecule has 2 rings (SSSR count). The van der Waals surface area contributed by atoms with Crippen LogP contribution in [0.4, 0.5) is 0 Å². The maximum absolute atomic E-state index is 11.8. The molecule has 0 aromatic heterocycles. The standard InChI is InChI=1S/C16H24N2O2/c1-3-9-17-16(19)12(2)18-11-15-14-7-5-4-6-13(14)8-10-20-15/h4-7,12,15,18H,3,8-11H2,1-2H3,(H,17,19). The van der Waals surface area contributed by atoms with Crippen LogP contribution in [-0.4, -0.2) is 31.6 Å². The lowest BCUT2D eigenvalue weighted by Crippen LogP contribution is -2.44. The first-order valence-corrected chi connectivity index (χ1v) is 7.43. The lowest BCUT2D eigenvalue weighted by atomic mass is 9.97. The van der Waals surface area contributed by atoms with Crippen molar-refractivity contribution < 1.29 is 9.53 Å². The van der Waals surface area contributed by atoms with Crippen LogP contribution in [0.2, 0.25) is 0 Å². The Kier molecular flexibility index (Phi) is 5.56. The van der Waals surface area contributed by atoms with E-state index in [1.807, 2.05) is 19.9 Å². The molecule has 0 spiro atoms. The Labute approximate surface area is 120 Å². The van der Waals surface area contributed by atoms with Crippen molar-refractivity contribution in [2.75, 3.05) is 19.7 Å². The number of hydrogen-bond donors (Lipinski definition) is 2. The number of fused-ring (bicyclic) bond motifs is 1. The fourth-order valence-electron chi connectivity index (χ4n) is 2.42. The number of nitrogens with one attached hydrogen (secondary N) is 2. The average molecular weight is 276 g/mol. The van der Waals surface area contributed by atoms with Crippen molar-refractivity contribution in [3.05, 3.63) is 35.4 Å². The first kappa shape index (κ1) is 15.0. The summed E-state index contributed by atoms with van der Waals surface area (Å²) in [4.78, 5) is 11.8. The third-order valence-corrected chi connectivity index (χ3v) is 3.64. The summed E-state index contributed by atoms with van der Waals surface area (Å²) in [5.74, 6) is 0.0518. The summed E-state index contributed by atoms with van der Waals surface area (Å²) in [5, 5.41) is 6.16. The summed E-state index contributed by atoms with van der Waals surface area (Å²) >= 11 is 0. The molecule has 1 amide bonds.